The number of carbonyl (C=O) groups is 1. The summed E-state index contributed by atoms with van der Waals surface area (Å²) in [5.74, 6) is 0.720. The molecule has 3 aromatic rings. The van der Waals surface area contributed by atoms with Gasteiger partial charge < -0.3 is 23.9 Å². The number of ether oxygens (including phenoxy) is 3. The van der Waals surface area contributed by atoms with Crippen molar-refractivity contribution < 1.29 is 23.4 Å². The standard InChI is InChI=1S/C19H16BrNO6/c1-24-12-4-5-15(25-2)14(9-12)21-18(22)13-7-10-6-11(20)8-16(26-3)17(10)27-19(13)23/h4-9H,1-3H3,(H,21,22). The summed E-state index contributed by atoms with van der Waals surface area (Å²) >= 11 is 3.36. The van der Waals surface area contributed by atoms with Gasteiger partial charge in [0.2, 0.25) is 0 Å². The lowest BCUT2D eigenvalue weighted by atomic mass is 10.1. The zero-order valence-corrected chi connectivity index (χ0v) is 16.4. The van der Waals surface area contributed by atoms with E-state index in [1.807, 2.05) is 0 Å². The number of methoxy groups -OCH3 is 3. The Labute approximate surface area is 163 Å². The fraction of sp³-hybridized carbons (Fsp3) is 0.158. The molecule has 140 valence electrons. The third kappa shape index (κ3) is 3.75. The van der Waals surface area contributed by atoms with Crippen LogP contribution in [0, 0.1) is 0 Å². The molecule has 2 aromatic carbocycles. The van der Waals surface area contributed by atoms with Gasteiger partial charge in [-0.3, -0.25) is 4.79 Å². The van der Waals surface area contributed by atoms with Crippen LogP contribution in [0.2, 0.25) is 0 Å². The SMILES string of the molecule is COc1ccc(OC)c(NC(=O)c2cc3cc(Br)cc(OC)c3oc2=O)c1. The smallest absolute Gasteiger partial charge is 0.349 e. The number of hydrogen-bond donors (Lipinski definition) is 1. The third-order valence-corrected chi connectivity index (χ3v) is 4.34. The van der Waals surface area contributed by atoms with E-state index in [2.05, 4.69) is 21.2 Å². The summed E-state index contributed by atoms with van der Waals surface area (Å²) in [6.45, 7) is 0. The first-order valence-electron chi connectivity index (χ1n) is 7.81. The molecule has 0 bridgehead atoms. The first-order chi connectivity index (χ1) is 13.0. The third-order valence-electron chi connectivity index (χ3n) is 3.88. The number of rotatable bonds is 5. The zero-order chi connectivity index (χ0) is 19.6. The molecular weight excluding hydrogens is 418 g/mol. The summed E-state index contributed by atoms with van der Waals surface area (Å²) < 4.78 is 21.6. The summed E-state index contributed by atoms with van der Waals surface area (Å²) in [5.41, 5.74) is -0.288. The van der Waals surface area contributed by atoms with E-state index < -0.39 is 11.5 Å². The van der Waals surface area contributed by atoms with Crippen molar-refractivity contribution in [3.05, 3.63) is 56.9 Å². The zero-order valence-electron chi connectivity index (χ0n) is 14.8. The minimum atomic E-state index is -0.775. The molecule has 0 spiro atoms. The summed E-state index contributed by atoms with van der Waals surface area (Å²) in [7, 11) is 4.46. The Kier molecular flexibility index (Phi) is 5.36. The largest absolute Gasteiger partial charge is 0.497 e. The van der Waals surface area contributed by atoms with Gasteiger partial charge in [-0.05, 0) is 30.3 Å². The molecule has 0 atom stereocenters. The Morgan fingerprint density at radius 1 is 1.00 bits per heavy atom. The van der Waals surface area contributed by atoms with Crippen LogP contribution in [0.3, 0.4) is 0 Å². The summed E-state index contributed by atoms with van der Waals surface area (Å²) in [5, 5.41) is 3.20. The number of carbonyl (C=O) groups excluding carboxylic acids is 1. The highest BCUT2D eigenvalue weighted by Crippen LogP contribution is 2.31. The average molecular weight is 434 g/mol. The van der Waals surface area contributed by atoms with Crippen LogP contribution in [0.4, 0.5) is 5.69 Å². The molecule has 0 saturated heterocycles. The van der Waals surface area contributed by atoms with Crippen molar-refractivity contribution in [3.8, 4) is 17.2 Å². The van der Waals surface area contributed by atoms with Crippen LogP contribution in [0.1, 0.15) is 10.4 Å². The van der Waals surface area contributed by atoms with Crippen LogP contribution < -0.4 is 25.2 Å². The molecule has 1 N–H and O–H groups in total. The van der Waals surface area contributed by atoms with Gasteiger partial charge in [-0.25, -0.2) is 4.79 Å². The van der Waals surface area contributed by atoms with Crippen LogP contribution in [0.15, 0.2) is 50.1 Å². The molecule has 1 aromatic heterocycles. The number of hydrogen-bond acceptors (Lipinski definition) is 6. The molecule has 0 aliphatic heterocycles. The van der Waals surface area contributed by atoms with Gasteiger partial charge in [0, 0.05) is 15.9 Å². The second-order valence-corrected chi connectivity index (χ2v) is 6.41. The Bertz CT molecular complexity index is 1080. The van der Waals surface area contributed by atoms with Crippen molar-refractivity contribution >= 4 is 38.5 Å². The average Bonchev–Trinajstić information content (AvgIpc) is 2.67. The van der Waals surface area contributed by atoms with E-state index >= 15 is 0 Å². The monoisotopic (exact) mass is 433 g/mol. The number of anilines is 1. The highest BCUT2D eigenvalue weighted by Gasteiger charge is 2.18. The van der Waals surface area contributed by atoms with Gasteiger partial charge in [0.1, 0.15) is 17.1 Å². The van der Waals surface area contributed by atoms with Crippen molar-refractivity contribution in [2.24, 2.45) is 0 Å². The molecule has 0 unspecified atom stereocenters. The minimum absolute atomic E-state index is 0.146. The molecule has 1 amide bonds. The normalized spacial score (nSPS) is 10.5. The van der Waals surface area contributed by atoms with Gasteiger partial charge >= 0.3 is 5.63 Å². The molecule has 3 rings (SSSR count). The fourth-order valence-corrected chi connectivity index (χ4v) is 3.03. The Balaban J connectivity index is 2.04. The van der Waals surface area contributed by atoms with Gasteiger partial charge in [0.15, 0.2) is 11.3 Å². The Morgan fingerprint density at radius 3 is 2.41 bits per heavy atom. The lowest BCUT2D eigenvalue weighted by molar-refractivity contribution is 0.102. The summed E-state index contributed by atoms with van der Waals surface area (Å²) in [6.07, 6.45) is 0. The van der Waals surface area contributed by atoms with Crippen LogP contribution in [-0.2, 0) is 0 Å². The quantitative estimate of drug-likeness (QED) is 0.615. The van der Waals surface area contributed by atoms with Gasteiger partial charge in [-0.15, -0.1) is 0 Å². The van der Waals surface area contributed by atoms with Crippen molar-refractivity contribution in [3.63, 3.8) is 0 Å². The highest BCUT2D eigenvalue weighted by atomic mass is 79.9. The number of nitrogens with one attached hydrogen (secondary N) is 1. The van der Waals surface area contributed by atoms with Gasteiger partial charge in [0.05, 0.1) is 27.0 Å². The lowest BCUT2D eigenvalue weighted by Gasteiger charge is -2.12. The molecule has 0 aliphatic rings. The van der Waals surface area contributed by atoms with E-state index in [0.717, 1.165) is 4.47 Å². The van der Waals surface area contributed by atoms with E-state index in [4.69, 9.17) is 18.6 Å². The Hall–Kier alpha value is -3.00. The maximum atomic E-state index is 12.7. The van der Waals surface area contributed by atoms with Crippen LogP contribution in [-0.4, -0.2) is 27.2 Å². The van der Waals surface area contributed by atoms with Gasteiger partial charge in [-0.1, -0.05) is 15.9 Å². The molecular formula is C19H16BrNO6. The van der Waals surface area contributed by atoms with E-state index in [9.17, 15) is 9.59 Å². The highest BCUT2D eigenvalue weighted by molar-refractivity contribution is 9.10. The minimum Gasteiger partial charge on any atom is -0.497 e. The number of halogens is 1. The molecule has 7 nitrogen and oxygen atoms in total. The molecule has 1 heterocycles. The van der Waals surface area contributed by atoms with Crippen LogP contribution in [0.25, 0.3) is 11.0 Å². The van der Waals surface area contributed by atoms with Crippen molar-refractivity contribution in [2.75, 3.05) is 26.6 Å². The number of benzene rings is 2. The molecule has 0 radical (unpaired) electrons. The van der Waals surface area contributed by atoms with Crippen molar-refractivity contribution in [1.82, 2.24) is 0 Å². The van der Waals surface area contributed by atoms with E-state index in [1.165, 1.54) is 27.4 Å². The number of amides is 1. The van der Waals surface area contributed by atoms with Gasteiger partial charge in [0.25, 0.3) is 5.91 Å². The number of fused-ring (bicyclic) bond motifs is 1. The van der Waals surface area contributed by atoms with Gasteiger partial charge in [-0.2, -0.15) is 0 Å². The predicted octanol–water partition coefficient (Wildman–Crippen LogP) is 3.83. The Morgan fingerprint density at radius 2 is 1.74 bits per heavy atom. The maximum absolute atomic E-state index is 12.7. The lowest BCUT2D eigenvalue weighted by Crippen LogP contribution is -2.21. The first kappa shape index (κ1) is 18.8. The molecule has 27 heavy (non-hydrogen) atoms. The maximum Gasteiger partial charge on any atom is 0.349 e. The van der Waals surface area contributed by atoms with E-state index in [0.29, 0.717) is 28.3 Å². The second-order valence-electron chi connectivity index (χ2n) is 5.49. The van der Waals surface area contributed by atoms with E-state index in [1.54, 1.807) is 30.3 Å². The fourth-order valence-electron chi connectivity index (χ4n) is 2.58. The van der Waals surface area contributed by atoms with E-state index in [-0.39, 0.29) is 11.1 Å². The first-order valence-corrected chi connectivity index (χ1v) is 8.61. The predicted molar refractivity (Wildman–Crippen MR) is 104 cm³/mol. The molecule has 8 heteroatoms. The molecule has 0 saturated carbocycles. The van der Waals surface area contributed by atoms with Crippen LogP contribution in [0.5, 0.6) is 17.2 Å². The van der Waals surface area contributed by atoms with Crippen molar-refractivity contribution in [2.45, 2.75) is 0 Å². The van der Waals surface area contributed by atoms with Crippen molar-refractivity contribution in [1.29, 1.82) is 0 Å². The topological polar surface area (TPSA) is 87.0 Å². The molecule has 0 fully saturated rings. The molecule has 0 aliphatic carbocycles. The summed E-state index contributed by atoms with van der Waals surface area (Å²) in [4.78, 5) is 25.0. The summed E-state index contributed by atoms with van der Waals surface area (Å²) in [6, 6.07) is 9.80. The second kappa shape index (κ2) is 7.71. The van der Waals surface area contributed by atoms with Crippen LogP contribution >= 0.6 is 15.9 Å².